The molecule has 6 nitrogen and oxygen atoms in total. The van der Waals surface area contributed by atoms with Crippen LogP contribution in [0, 0.1) is 0 Å². The van der Waals surface area contributed by atoms with E-state index in [-0.39, 0.29) is 5.69 Å². The van der Waals surface area contributed by atoms with Gasteiger partial charge in [-0.3, -0.25) is 0 Å². The SMILES string of the molecule is CCCN(CC)CCNc1nccnc1C(=O)O. The van der Waals surface area contributed by atoms with Crippen LogP contribution in [-0.4, -0.2) is 52.1 Å². The summed E-state index contributed by atoms with van der Waals surface area (Å²) in [7, 11) is 0. The van der Waals surface area contributed by atoms with Crippen molar-refractivity contribution < 1.29 is 9.90 Å². The Morgan fingerprint density at radius 3 is 2.67 bits per heavy atom. The number of anilines is 1. The molecule has 100 valence electrons. The van der Waals surface area contributed by atoms with E-state index < -0.39 is 5.97 Å². The molecule has 0 radical (unpaired) electrons. The molecule has 0 atom stereocenters. The second-order valence-corrected chi connectivity index (χ2v) is 3.92. The van der Waals surface area contributed by atoms with Crippen molar-refractivity contribution in [2.75, 3.05) is 31.5 Å². The summed E-state index contributed by atoms with van der Waals surface area (Å²) in [5, 5.41) is 12.0. The van der Waals surface area contributed by atoms with Gasteiger partial charge in [-0.05, 0) is 19.5 Å². The zero-order valence-corrected chi connectivity index (χ0v) is 10.9. The van der Waals surface area contributed by atoms with Crippen LogP contribution < -0.4 is 5.32 Å². The van der Waals surface area contributed by atoms with E-state index in [1.807, 2.05) is 0 Å². The molecule has 0 aromatic carbocycles. The molecule has 0 aliphatic carbocycles. The van der Waals surface area contributed by atoms with Crippen molar-refractivity contribution in [1.82, 2.24) is 14.9 Å². The summed E-state index contributed by atoms with van der Waals surface area (Å²) in [6, 6.07) is 0. The van der Waals surface area contributed by atoms with E-state index in [1.165, 1.54) is 12.4 Å². The fourth-order valence-corrected chi connectivity index (χ4v) is 1.70. The highest BCUT2D eigenvalue weighted by molar-refractivity contribution is 5.90. The van der Waals surface area contributed by atoms with Crippen molar-refractivity contribution >= 4 is 11.8 Å². The Bertz CT molecular complexity index is 384. The number of carboxylic acids is 1. The minimum absolute atomic E-state index is 0.0314. The lowest BCUT2D eigenvalue weighted by Gasteiger charge is -2.19. The normalized spacial score (nSPS) is 10.6. The van der Waals surface area contributed by atoms with Gasteiger partial charge >= 0.3 is 5.97 Å². The Hall–Kier alpha value is -1.69. The Balaban J connectivity index is 2.50. The van der Waals surface area contributed by atoms with E-state index in [2.05, 4.69) is 34.0 Å². The van der Waals surface area contributed by atoms with E-state index in [1.54, 1.807) is 0 Å². The maximum Gasteiger partial charge on any atom is 0.358 e. The van der Waals surface area contributed by atoms with Crippen molar-refractivity contribution in [2.45, 2.75) is 20.3 Å². The molecular formula is C12H20N4O2. The maximum atomic E-state index is 10.9. The van der Waals surface area contributed by atoms with Crippen molar-refractivity contribution in [3.63, 3.8) is 0 Å². The Morgan fingerprint density at radius 1 is 1.33 bits per heavy atom. The number of likely N-dealkylation sites (N-methyl/N-ethyl adjacent to an activating group) is 1. The van der Waals surface area contributed by atoms with Gasteiger partial charge < -0.3 is 15.3 Å². The van der Waals surface area contributed by atoms with Gasteiger partial charge in [0.15, 0.2) is 11.5 Å². The number of nitrogens with zero attached hydrogens (tertiary/aromatic N) is 3. The summed E-state index contributed by atoms with van der Waals surface area (Å²) in [4.78, 5) is 21.0. The number of aromatic carboxylic acids is 1. The van der Waals surface area contributed by atoms with Crippen LogP contribution in [0.5, 0.6) is 0 Å². The fourth-order valence-electron chi connectivity index (χ4n) is 1.70. The van der Waals surface area contributed by atoms with Crippen molar-refractivity contribution in [3.8, 4) is 0 Å². The van der Waals surface area contributed by atoms with Gasteiger partial charge in [-0.25, -0.2) is 14.8 Å². The zero-order valence-electron chi connectivity index (χ0n) is 10.9. The number of hydrogen-bond donors (Lipinski definition) is 2. The summed E-state index contributed by atoms with van der Waals surface area (Å²) in [5.74, 6) is -0.732. The van der Waals surface area contributed by atoms with Crippen LogP contribution in [0.1, 0.15) is 30.8 Å². The largest absolute Gasteiger partial charge is 0.476 e. The van der Waals surface area contributed by atoms with Crippen molar-refractivity contribution in [2.24, 2.45) is 0 Å². The molecule has 18 heavy (non-hydrogen) atoms. The van der Waals surface area contributed by atoms with Crippen molar-refractivity contribution in [1.29, 1.82) is 0 Å². The third-order valence-corrected chi connectivity index (χ3v) is 2.61. The molecule has 1 rings (SSSR count). The summed E-state index contributed by atoms with van der Waals surface area (Å²) in [6.45, 7) is 7.81. The van der Waals surface area contributed by atoms with Crippen LogP contribution in [0.2, 0.25) is 0 Å². The molecule has 0 aliphatic rings. The summed E-state index contributed by atoms with van der Waals surface area (Å²) in [6.07, 6.45) is 3.97. The molecule has 6 heteroatoms. The van der Waals surface area contributed by atoms with E-state index in [0.717, 1.165) is 26.1 Å². The number of nitrogens with one attached hydrogen (secondary N) is 1. The number of carboxylic acid groups (broad SMARTS) is 1. The lowest BCUT2D eigenvalue weighted by Crippen LogP contribution is -2.30. The molecule has 0 spiro atoms. The average Bonchev–Trinajstić information content (AvgIpc) is 2.38. The summed E-state index contributed by atoms with van der Waals surface area (Å²) in [5.41, 5.74) is -0.0314. The predicted octanol–water partition coefficient (Wildman–Crippen LogP) is 1.32. The minimum atomic E-state index is -1.06. The highest BCUT2D eigenvalue weighted by Crippen LogP contribution is 2.07. The first-order chi connectivity index (χ1) is 8.69. The standard InChI is InChI=1S/C12H20N4O2/c1-3-8-16(4-2)9-7-15-11-10(12(17)18)13-5-6-14-11/h5-6H,3-4,7-9H2,1-2H3,(H,14,15)(H,17,18). The summed E-state index contributed by atoms with van der Waals surface area (Å²) >= 11 is 0. The molecule has 0 saturated heterocycles. The third kappa shape index (κ3) is 4.29. The van der Waals surface area contributed by atoms with Gasteiger partial charge in [0.25, 0.3) is 0 Å². The Morgan fingerprint density at radius 2 is 2.06 bits per heavy atom. The highest BCUT2D eigenvalue weighted by Gasteiger charge is 2.12. The van der Waals surface area contributed by atoms with Gasteiger partial charge in [-0.15, -0.1) is 0 Å². The van der Waals surface area contributed by atoms with Crippen LogP contribution in [-0.2, 0) is 0 Å². The minimum Gasteiger partial charge on any atom is -0.476 e. The molecule has 2 N–H and O–H groups in total. The molecule has 0 aliphatic heterocycles. The lowest BCUT2D eigenvalue weighted by molar-refractivity contribution is 0.0691. The molecule has 0 amide bonds. The summed E-state index contributed by atoms with van der Waals surface area (Å²) < 4.78 is 0. The van der Waals surface area contributed by atoms with Gasteiger partial charge in [-0.1, -0.05) is 13.8 Å². The molecule has 1 aromatic rings. The molecule has 0 fully saturated rings. The third-order valence-electron chi connectivity index (χ3n) is 2.61. The van der Waals surface area contributed by atoms with Crippen LogP contribution in [0.15, 0.2) is 12.4 Å². The van der Waals surface area contributed by atoms with Gasteiger partial charge in [0.1, 0.15) is 0 Å². The van der Waals surface area contributed by atoms with Crippen LogP contribution in [0.25, 0.3) is 0 Å². The van der Waals surface area contributed by atoms with Gasteiger partial charge in [0, 0.05) is 25.5 Å². The first-order valence-corrected chi connectivity index (χ1v) is 6.19. The Kier molecular flexibility index (Phi) is 6.07. The maximum absolute atomic E-state index is 10.9. The topological polar surface area (TPSA) is 78.3 Å². The van der Waals surface area contributed by atoms with Gasteiger partial charge in [-0.2, -0.15) is 0 Å². The van der Waals surface area contributed by atoms with Crippen LogP contribution in [0.3, 0.4) is 0 Å². The molecule has 0 saturated carbocycles. The zero-order chi connectivity index (χ0) is 13.4. The number of rotatable bonds is 8. The fraction of sp³-hybridized carbons (Fsp3) is 0.583. The predicted molar refractivity (Wildman–Crippen MR) is 69.9 cm³/mol. The average molecular weight is 252 g/mol. The number of hydrogen-bond acceptors (Lipinski definition) is 5. The van der Waals surface area contributed by atoms with E-state index in [0.29, 0.717) is 12.4 Å². The first-order valence-electron chi connectivity index (χ1n) is 6.19. The number of aromatic nitrogens is 2. The van der Waals surface area contributed by atoms with Gasteiger partial charge in [0.05, 0.1) is 0 Å². The molecule has 0 unspecified atom stereocenters. The van der Waals surface area contributed by atoms with Gasteiger partial charge in [0.2, 0.25) is 0 Å². The first kappa shape index (κ1) is 14.4. The van der Waals surface area contributed by atoms with E-state index in [9.17, 15) is 4.79 Å². The smallest absolute Gasteiger partial charge is 0.358 e. The highest BCUT2D eigenvalue weighted by atomic mass is 16.4. The molecular weight excluding hydrogens is 232 g/mol. The molecule has 0 bridgehead atoms. The second kappa shape index (κ2) is 7.60. The Labute approximate surface area is 107 Å². The van der Waals surface area contributed by atoms with E-state index in [4.69, 9.17) is 5.11 Å². The van der Waals surface area contributed by atoms with E-state index >= 15 is 0 Å². The quantitative estimate of drug-likeness (QED) is 0.726. The second-order valence-electron chi connectivity index (χ2n) is 3.92. The monoisotopic (exact) mass is 252 g/mol. The number of carbonyl (C=O) groups is 1. The van der Waals surface area contributed by atoms with Crippen LogP contribution >= 0.6 is 0 Å². The molecule has 1 aromatic heterocycles. The van der Waals surface area contributed by atoms with Crippen molar-refractivity contribution in [3.05, 3.63) is 18.1 Å². The lowest BCUT2D eigenvalue weighted by atomic mass is 10.3. The van der Waals surface area contributed by atoms with Crippen LogP contribution in [0.4, 0.5) is 5.82 Å². The molecule has 1 heterocycles.